The van der Waals surface area contributed by atoms with Crippen molar-refractivity contribution in [2.45, 2.75) is 25.0 Å². The van der Waals surface area contributed by atoms with Crippen LogP contribution in [0, 0.1) is 6.92 Å². The fourth-order valence-electron chi connectivity index (χ4n) is 1.95. The van der Waals surface area contributed by atoms with E-state index in [4.69, 9.17) is 4.74 Å². The Morgan fingerprint density at radius 3 is 2.74 bits per heavy atom. The number of thioether (sulfide) groups is 1. The molecule has 0 aliphatic rings. The molecule has 0 radical (unpaired) electrons. The lowest BCUT2D eigenvalue weighted by Gasteiger charge is -2.14. The Kier molecular flexibility index (Phi) is 5.76. The van der Waals surface area contributed by atoms with Crippen LogP contribution in [0.15, 0.2) is 47.6 Å². The number of anilines is 1. The summed E-state index contributed by atoms with van der Waals surface area (Å²) in [7, 11) is 0. The molecule has 1 amide bonds. The van der Waals surface area contributed by atoms with Crippen LogP contribution in [0.1, 0.15) is 22.8 Å². The van der Waals surface area contributed by atoms with E-state index in [1.807, 2.05) is 31.4 Å². The smallest absolute Gasteiger partial charge is 0.341 e. The van der Waals surface area contributed by atoms with Crippen LogP contribution < -0.4 is 5.32 Å². The van der Waals surface area contributed by atoms with Crippen molar-refractivity contribution in [1.29, 1.82) is 0 Å². The molecule has 0 aliphatic heterocycles. The van der Waals surface area contributed by atoms with E-state index < -0.39 is 12.1 Å². The number of rotatable bonds is 5. The van der Waals surface area contributed by atoms with Gasteiger partial charge in [-0.05, 0) is 49.9 Å². The molecule has 1 N–H and O–H groups in total. The average molecular weight is 330 g/mol. The van der Waals surface area contributed by atoms with Crippen LogP contribution in [-0.4, -0.2) is 29.2 Å². The zero-order chi connectivity index (χ0) is 16.8. The molecule has 1 atom stereocenters. The number of carbonyl (C=O) groups is 2. The first-order valence-electron chi connectivity index (χ1n) is 7.08. The summed E-state index contributed by atoms with van der Waals surface area (Å²) in [4.78, 5) is 28.4. The number of nitrogens with one attached hydrogen (secondary N) is 1. The SMILES string of the molecule is CSc1ncccc1C(=O)O[C@@H](C)C(=O)Nc1cccc(C)c1. The Bertz CT molecular complexity index is 718. The minimum atomic E-state index is -0.905. The number of hydrogen-bond acceptors (Lipinski definition) is 5. The van der Waals surface area contributed by atoms with Crippen LogP contribution in [0.2, 0.25) is 0 Å². The van der Waals surface area contributed by atoms with Crippen LogP contribution in [0.4, 0.5) is 5.69 Å². The Morgan fingerprint density at radius 2 is 2.04 bits per heavy atom. The highest BCUT2D eigenvalue weighted by Gasteiger charge is 2.21. The number of pyridine rings is 1. The van der Waals surface area contributed by atoms with Gasteiger partial charge in [0.25, 0.3) is 5.91 Å². The number of aromatic nitrogens is 1. The topological polar surface area (TPSA) is 68.3 Å². The maximum Gasteiger partial charge on any atom is 0.341 e. The second kappa shape index (κ2) is 7.78. The summed E-state index contributed by atoms with van der Waals surface area (Å²) in [5.74, 6) is -0.937. The fraction of sp³-hybridized carbons (Fsp3) is 0.235. The van der Waals surface area contributed by atoms with Gasteiger partial charge in [-0.25, -0.2) is 9.78 Å². The molecule has 0 unspecified atom stereocenters. The predicted molar refractivity (Wildman–Crippen MR) is 90.7 cm³/mol. The molecule has 6 heteroatoms. The van der Waals surface area contributed by atoms with Crippen molar-refractivity contribution >= 4 is 29.3 Å². The number of benzene rings is 1. The van der Waals surface area contributed by atoms with E-state index in [-0.39, 0.29) is 5.91 Å². The third-order valence-electron chi connectivity index (χ3n) is 3.12. The van der Waals surface area contributed by atoms with Crippen LogP contribution in [0.3, 0.4) is 0 Å². The first-order valence-corrected chi connectivity index (χ1v) is 8.31. The number of amides is 1. The highest BCUT2D eigenvalue weighted by atomic mass is 32.2. The molecule has 0 spiro atoms. The van der Waals surface area contributed by atoms with E-state index in [0.29, 0.717) is 16.3 Å². The molecule has 120 valence electrons. The van der Waals surface area contributed by atoms with Crippen LogP contribution in [0.25, 0.3) is 0 Å². The molecule has 1 heterocycles. The third-order valence-corrected chi connectivity index (χ3v) is 3.84. The summed E-state index contributed by atoms with van der Waals surface area (Å²) in [6, 6.07) is 10.7. The summed E-state index contributed by atoms with van der Waals surface area (Å²) in [6.45, 7) is 3.48. The van der Waals surface area contributed by atoms with E-state index in [9.17, 15) is 9.59 Å². The highest BCUT2D eigenvalue weighted by Crippen LogP contribution is 2.18. The molecule has 5 nitrogen and oxygen atoms in total. The lowest BCUT2D eigenvalue weighted by molar-refractivity contribution is -0.123. The first-order chi connectivity index (χ1) is 11.0. The zero-order valence-electron chi connectivity index (χ0n) is 13.2. The van der Waals surface area contributed by atoms with Crippen molar-refractivity contribution in [3.8, 4) is 0 Å². The number of carbonyl (C=O) groups excluding carboxylic acids is 2. The third kappa shape index (κ3) is 4.56. The molecule has 1 aromatic heterocycles. The summed E-state index contributed by atoms with van der Waals surface area (Å²) >= 11 is 1.35. The summed E-state index contributed by atoms with van der Waals surface area (Å²) in [5, 5.41) is 3.30. The minimum absolute atomic E-state index is 0.357. The Balaban J connectivity index is 2.01. The average Bonchev–Trinajstić information content (AvgIpc) is 2.54. The van der Waals surface area contributed by atoms with Gasteiger partial charge in [-0.3, -0.25) is 4.79 Å². The van der Waals surface area contributed by atoms with Crippen LogP contribution >= 0.6 is 11.8 Å². The number of nitrogens with zero attached hydrogens (tertiary/aromatic N) is 1. The monoisotopic (exact) mass is 330 g/mol. The van der Waals surface area contributed by atoms with Gasteiger partial charge < -0.3 is 10.1 Å². The van der Waals surface area contributed by atoms with E-state index in [1.165, 1.54) is 18.7 Å². The van der Waals surface area contributed by atoms with Crippen molar-refractivity contribution in [3.63, 3.8) is 0 Å². The van der Waals surface area contributed by atoms with Crippen LogP contribution in [-0.2, 0) is 9.53 Å². The summed E-state index contributed by atoms with van der Waals surface area (Å²) in [5.41, 5.74) is 2.06. The molecule has 1 aromatic carbocycles. The number of ether oxygens (including phenoxy) is 1. The lowest BCUT2D eigenvalue weighted by atomic mass is 10.2. The van der Waals surface area contributed by atoms with Gasteiger partial charge in [-0.1, -0.05) is 12.1 Å². The second-order valence-electron chi connectivity index (χ2n) is 4.97. The van der Waals surface area contributed by atoms with Crippen molar-refractivity contribution < 1.29 is 14.3 Å². The quantitative estimate of drug-likeness (QED) is 0.673. The van der Waals surface area contributed by atoms with Gasteiger partial charge in [0.15, 0.2) is 6.10 Å². The Morgan fingerprint density at radius 1 is 1.26 bits per heavy atom. The molecule has 2 aromatic rings. The fourth-order valence-corrected chi connectivity index (χ4v) is 2.49. The minimum Gasteiger partial charge on any atom is -0.449 e. The maximum atomic E-state index is 12.2. The van der Waals surface area contributed by atoms with Gasteiger partial charge in [-0.15, -0.1) is 11.8 Å². The largest absolute Gasteiger partial charge is 0.449 e. The summed E-state index contributed by atoms with van der Waals surface area (Å²) in [6.07, 6.45) is 2.53. The Hall–Kier alpha value is -2.34. The molecule has 0 fully saturated rings. The summed E-state index contributed by atoms with van der Waals surface area (Å²) < 4.78 is 5.24. The molecule has 23 heavy (non-hydrogen) atoms. The number of hydrogen-bond donors (Lipinski definition) is 1. The Labute approximate surface area is 139 Å². The highest BCUT2D eigenvalue weighted by molar-refractivity contribution is 7.98. The predicted octanol–water partition coefficient (Wildman–Crippen LogP) is 3.30. The van der Waals surface area contributed by atoms with E-state index >= 15 is 0 Å². The lowest BCUT2D eigenvalue weighted by Crippen LogP contribution is -2.30. The zero-order valence-corrected chi connectivity index (χ0v) is 14.0. The molecule has 0 aliphatic carbocycles. The maximum absolute atomic E-state index is 12.2. The van der Waals surface area contributed by atoms with Gasteiger partial charge in [-0.2, -0.15) is 0 Å². The van der Waals surface area contributed by atoms with E-state index in [0.717, 1.165) is 5.56 Å². The van der Waals surface area contributed by atoms with Crippen molar-refractivity contribution in [2.75, 3.05) is 11.6 Å². The van der Waals surface area contributed by atoms with Crippen molar-refractivity contribution in [1.82, 2.24) is 4.98 Å². The van der Waals surface area contributed by atoms with Gasteiger partial charge >= 0.3 is 5.97 Å². The molecular formula is C17H18N2O3S. The van der Waals surface area contributed by atoms with Crippen molar-refractivity contribution in [3.05, 3.63) is 53.7 Å². The normalized spacial score (nSPS) is 11.6. The van der Waals surface area contributed by atoms with Gasteiger partial charge in [0.1, 0.15) is 5.03 Å². The molecule has 2 rings (SSSR count). The number of esters is 1. The van der Waals surface area contributed by atoms with Crippen molar-refractivity contribution in [2.24, 2.45) is 0 Å². The van der Waals surface area contributed by atoms with E-state index in [1.54, 1.807) is 24.4 Å². The van der Waals surface area contributed by atoms with Crippen LogP contribution in [0.5, 0.6) is 0 Å². The van der Waals surface area contributed by atoms with Gasteiger partial charge in [0.05, 0.1) is 5.56 Å². The first kappa shape index (κ1) is 17.0. The molecule has 0 bridgehead atoms. The van der Waals surface area contributed by atoms with E-state index in [2.05, 4.69) is 10.3 Å². The number of aryl methyl sites for hydroxylation is 1. The second-order valence-corrected chi connectivity index (χ2v) is 5.76. The standard InChI is InChI=1S/C17H18N2O3S/c1-11-6-4-7-13(10-11)19-15(20)12(2)22-17(21)14-8-5-9-18-16(14)23-3/h4-10,12H,1-3H3,(H,19,20)/t12-/m0/s1. The molecular weight excluding hydrogens is 312 g/mol. The van der Waals surface area contributed by atoms with Gasteiger partial charge in [0, 0.05) is 11.9 Å². The molecule has 0 saturated heterocycles. The van der Waals surface area contributed by atoms with Gasteiger partial charge in [0.2, 0.25) is 0 Å². The molecule has 0 saturated carbocycles.